The van der Waals surface area contributed by atoms with Gasteiger partial charge in [0.15, 0.2) is 0 Å². The van der Waals surface area contributed by atoms with Gasteiger partial charge < -0.3 is 4.90 Å². The molecule has 27 heavy (non-hydrogen) atoms. The Morgan fingerprint density at radius 3 is 2.70 bits per heavy atom. The molecule has 2 fully saturated rings. The van der Waals surface area contributed by atoms with E-state index in [9.17, 15) is 4.79 Å². The molecule has 1 atom stereocenters. The van der Waals surface area contributed by atoms with E-state index in [-0.39, 0.29) is 11.3 Å². The second-order valence-corrected chi connectivity index (χ2v) is 8.17. The first-order valence-electron chi connectivity index (χ1n) is 9.97. The van der Waals surface area contributed by atoms with Crippen molar-refractivity contribution in [2.75, 3.05) is 26.2 Å². The molecule has 2 aliphatic rings. The minimum atomic E-state index is 0.0940. The Morgan fingerprint density at radius 2 is 1.93 bits per heavy atom. The summed E-state index contributed by atoms with van der Waals surface area (Å²) in [7, 11) is 0. The molecule has 5 nitrogen and oxygen atoms in total. The summed E-state index contributed by atoms with van der Waals surface area (Å²) < 4.78 is 0. The van der Waals surface area contributed by atoms with Gasteiger partial charge in [-0.2, -0.15) is 0 Å². The van der Waals surface area contributed by atoms with Gasteiger partial charge in [-0.1, -0.05) is 12.1 Å². The highest BCUT2D eigenvalue weighted by atomic mass is 16.2. The van der Waals surface area contributed by atoms with Crippen LogP contribution in [0.1, 0.15) is 47.3 Å². The number of aromatic nitrogens is 2. The van der Waals surface area contributed by atoms with Gasteiger partial charge in [0.2, 0.25) is 0 Å². The highest BCUT2D eigenvalue weighted by molar-refractivity contribution is 5.93. The maximum absolute atomic E-state index is 13.1. The average Bonchev–Trinajstić information content (AvgIpc) is 2.69. The molecular weight excluding hydrogens is 336 g/mol. The Balaban J connectivity index is 1.46. The summed E-state index contributed by atoms with van der Waals surface area (Å²) in [5, 5.41) is 0. The largest absolute Gasteiger partial charge is 0.337 e. The normalized spacial score (nSPS) is 23.5. The molecule has 1 spiro atoms. The zero-order chi connectivity index (χ0) is 18.7. The Labute approximate surface area is 161 Å². The molecular formula is C22H28N4O. The van der Waals surface area contributed by atoms with Gasteiger partial charge >= 0.3 is 0 Å². The SMILES string of the molecule is Cc1cccnc1C(=O)N1CCCC2(CCCN(Cc3cccnc3)C2)C1. The number of piperidine rings is 2. The molecule has 4 rings (SSSR count). The van der Waals surface area contributed by atoms with Gasteiger partial charge in [0, 0.05) is 50.2 Å². The minimum absolute atomic E-state index is 0.0940. The number of hydrogen-bond donors (Lipinski definition) is 0. The molecule has 0 aromatic carbocycles. The lowest BCUT2D eigenvalue weighted by atomic mass is 9.73. The topological polar surface area (TPSA) is 49.3 Å². The fourth-order valence-corrected chi connectivity index (χ4v) is 4.77. The number of pyridine rings is 2. The van der Waals surface area contributed by atoms with Crippen LogP contribution in [0.15, 0.2) is 42.9 Å². The van der Waals surface area contributed by atoms with E-state index in [1.807, 2.05) is 42.4 Å². The van der Waals surface area contributed by atoms with Gasteiger partial charge in [0.05, 0.1) is 0 Å². The van der Waals surface area contributed by atoms with Gasteiger partial charge in [-0.15, -0.1) is 0 Å². The van der Waals surface area contributed by atoms with Crippen molar-refractivity contribution < 1.29 is 4.79 Å². The Bertz CT molecular complexity index is 790. The maximum atomic E-state index is 13.1. The Hall–Kier alpha value is -2.27. The molecule has 0 saturated carbocycles. The quantitative estimate of drug-likeness (QED) is 0.838. The molecule has 1 amide bonds. The molecule has 1 unspecified atom stereocenters. The molecule has 2 aliphatic heterocycles. The number of rotatable bonds is 3. The number of likely N-dealkylation sites (tertiary alicyclic amines) is 2. The van der Waals surface area contributed by atoms with Crippen molar-refractivity contribution in [2.24, 2.45) is 5.41 Å². The summed E-state index contributed by atoms with van der Waals surface area (Å²) in [6.07, 6.45) is 10.2. The number of hydrogen-bond acceptors (Lipinski definition) is 4. The van der Waals surface area contributed by atoms with Crippen LogP contribution in [0, 0.1) is 12.3 Å². The fourth-order valence-electron chi connectivity index (χ4n) is 4.77. The van der Waals surface area contributed by atoms with E-state index in [2.05, 4.69) is 20.9 Å². The van der Waals surface area contributed by atoms with Crippen molar-refractivity contribution >= 4 is 5.91 Å². The van der Waals surface area contributed by atoms with Crippen molar-refractivity contribution in [3.63, 3.8) is 0 Å². The third-order valence-electron chi connectivity index (χ3n) is 6.03. The van der Waals surface area contributed by atoms with Gasteiger partial charge in [-0.3, -0.25) is 19.7 Å². The predicted octanol–water partition coefficient (Wildman–Crippen LogP) is 3.30. The van der Waals surface area contributed by atoms with Gasteiger partial charge in [-0.05, 0) is 62.4 Å². The molecule has 5 heteroatoms. The molecule has 0 radical (unpaired) electrons. The van der Waals surface area contributed by atoms with Crippen LogP contribution in [-0.2, 0) is 6.54 Å². The van der Waals surface area contributed by atoms with Crippen LogP contribution in [-0.4, -0.2) is 51.9 Å². The highest BCUT2D eigenvalue weighted by Gasteiger charge is 2.40. The van der Waals surface area contributed by atoms with E-state index < -0.39 is 0 Å². The lowest BCUT2D eigenvalue weighted by Crippen LogP contribution is -2.53. The second kappa shape index (κ2) is 7.77. The molecule has 2 saturated heterocycles. The number of aryl methyl sites for hydroxylation is 1. The van der Waals surface area contributed by atoms with Crippen molar-refractivity contribution in [1.82, 2.24) is 19.8 Å². The fraction of sp³-hybridized carbons (Fsp3) is 0.500. The first kappa shape index (κ1) is 18.1. The lowest BCUT2D eigenvalue weighted by Gasteiger charge is -2.48. The summed E-state index contributed by atoms with van der Waals surface area (Å²) in [6.45, 7) is 6.81. The predicted molar refractivity (Wildman–Crippen MR) is 105 cm³/mol. The molecule has 0 aliphatic carbocycles. The third-order valence-corrected chi connectivity index (χ3v) is 6.03. The summed E-state index contributed by atoms with van der Waals surface area (Å²) in [5.74, 6) is 0.0940. The van der Waals surface area contributed by atoms with Gasteiger partial charge in [0.25, 0.3) is 5.91 Å². The first-order valence-corrected chi connectivity index (χ1v) is 9.97. The summed E-state index contributed by atoms with van der Waals surface area (Å²) in [4.78, 5) is 26.2. The molecule has 0 N–H and O–H groups in total. The van der Waals surface area contributed by atoms with E-state index in [1.54, 1.807) is 6.20 Å². The molecule has 2 aromatic heterocycles. The Kier molecular flexibility index (Phi) is 5.21. The molecule has 4 heterocycles. The minimum Gasteiger partial charge on any atom is -0.337 e. The summed E-state index contributed by atoms with van der Waals surface area (Å²) >= 11 is 0. The number of carbonyl (C=O) groups excluding carboxylic acids is 1. The van der Waals surface area contributed by atoms with Crippen LogP contribution in [0.3, 0.4) is 0 Å². The van der Waals surface area contributed by atoms with Crippen molar-refractivity contribution in [1.29, 1.82) is 0 Å². The third kappa shape index (κ3) is 4.03. The van der Waals surface area contributed by atoms with Crippen molar-refractivity contribution in [3.8, 4) is 0 Å². The monoisotopic (exact) mass is 364 g/mol. The van der Waals surface area contributed by atoms with Crippen LogP contribution in [0.25, 0.3) is 0 Å². The standard InChI is InChI=1S/C22H28N4O/c1-18-6-2-11-24-20(18)21(27)26-13-5-9-22(17-26)8-4-12-25(16-22)15-19-7-3-10-23-14-19/h2-3,6-7,10-11,14H,4-5,8-9,12-13,15-17H2,1H3. The van der Waals surface area contributed by atoms with E-state index in [1.165, 1.54) is 24.8 Å². The van der Waals surface area contributed by atoms with Crippen LogP contribution >= 0.6 is 0 Å². The first-order chi connectivity index (χ1) is 13.2. The maximum Gasteiger partial charge on any atom is 0.272 e. The van der Waals surface area contributed by atoms with Gasteiger partial charge in [-0.25, -0.2) is 0 Å². The molecule has 0 bridgehead atoms. The zero-order valence-corrected chi connectivity index (χ0v) is 16.1. The number of nitrogens with zero attached hydrogens (tertiary/aromatic N) is 4. The van der Waals surface area contributed by atoms with E-state index in [0.29, 0.717) is 5.69 Å². The van der Waals surface area contributed by atoms with Crippen LogP contribution in [0.2, 0.25) is 0 Å². The van der Waals surface area contributed by atoms with Crippen LogP contribution < -0.4 is 0 Å². The van der Waals surface area contributed by atoms with Crippen LogP contribution in [0.4, 0.5) is 0 Å². The zero-order valence-electron chi connectivity index (χ0n) is 16.1. The van der Waals surface area contributed by atoms with E-state index >= 15 is 0 Å². The van der Waals surface area contributed by atoms with Crippen molar-refractivity contribution in [2.45, 2.75) is 39.2 Å². The summed E-state index contributed by atoms with van der Waals surface area (Å²) in [5.41, 5.74) is 3.06. The van der Waals surface area contributed by atoms with E-state index in [0.717, 1.165) is 44.7 Å². The Morgan fingerprint density at radius 1 is 1.11 bits per heavy atom. The number of carbonyl (C=O) groups is 1. The molecule has 2 aromatic rings. The van der Waals surface area contributed by atoms with Crippen molar-refractivity contribution in [3.05, 3.63) is 59.7 Å². The lowest BCUT2D eigenvalue weighted by molar-refractivity contribution is 0.0110. The average molecular weight is 364 g/mol. The van der Waals surface area contributed by atoms with Crippen LogP contribution in [0.5, 0.6) is 0 Å². The molecule has 142 valence electrons. The summed E-state index contributed by atoms with van der Waals surface area (Å²) in [6, 6.07) is 8.01. The van der Waals surface area contributed by atoms with Gasteiger partial charge in [0.1, 0.15) is 5.69 Å². The van der Waals surface area contributed by atoms with E-state index in [4.69, 9.17) is 0 Å². The number of amides is 1. The second-order valence-electron chi connectivity index (χ2n) is 8.17. The highest BCUT2D eigenvalue weighted by Crippen LogP contribution is 2.39. The smallest absolute Gasteiger partial charge is 0.272 e.